The Bertz CT molecular complexity index is 1060. The number of rotatable bonds is 9. The summed E-state index contributed by atoms with van der Waals surface area (Å²) in [5.41, 5.74) is 4.66. The summed E-state index contributed by atoms with van der Waals surface area (Å²) >= 11 is 0. The van der Waals surface area contributed by atoms with Crippen LogP contribution in [0.2, 0.25) is 0 Å². The van der Waals surface area contributed by atoms with Crippen molar-refractivity contribution < 1.29 is 9.73 Å². The largest absolute Gasteiger partial charge is 0.340 e. The van der Waals surface area contributed by atoms with Crippen LogP contribution in [0.5, 0.6) is 0 Å². The Morgan fingerprint density at radius 2 is 1.87 bits per heavy atom. The molecular formula is C23H30N6O2. The van der Waals surface area contributed by atoms with Gasteiger partial charge < -0.3 is 19.3 Å². The van der Waals surface area contributed by atoms with Gasteiger partial charge >= 0.3 is 0 Å². The fourth-order valence-corrected chi connectivity index (χ4v) is 3.40. The van der Waals surface area contributed by atoms with Gasteiger partial charge in [0.15, 0.2) is 0 Å². The summed E-state index contributed by atoms with van der Waals surface area (Å²) in [6.45, 7) is 1.51. The van der Waals surface area contributed by atoms with Gasteiger partial charge in [-0.25, -0.2) is 4.98 Å². The normalized spacial score (nSPS) is 11.5. The highest BCUT2D eigenvalue weighted by Gasteiger charge is 2.15. The van der Waals surface area contributed by atoms with Crippen molar-refractivity contribution in [2.45, 2.75) is 12.8 Å². The van der Waals surface area contributed by atoms with Crippen LogP contribution in [0, 0.1) is 0 Å². The van der Waals surface area contributed by atoms with E-state index in [2.05, 4.69) is 31.7 Å². The lowest BCUT2D eigenvalue weighted by Gasteiger charge is -2.19. The summed E-state index contributed by atoms with van der Waals surface area (Å²) in [4.78, 5) is 25.6. The molecule has 0 aliphatic heterocycles. The van der Waals surface area contributed by atoms with Crippen molar-refractivity contribution in [3.05, 3.63) is 65.0 Å². The number of nitrogens with two attached hydrogens (primary N) is 1. The van der Waals surface area contributed by atoms with E-state index in [1.165, 1.54) is 5.56 Å². The number of fused-ring (bicyclic) bond motifs is 1. The topological polar surface area (TPSA) is 89.0 Å². The molecule has 3 aromatic rings. The summed E-state index contributed by atoms with van der Waals surface area (Å²) < 4.78 is 2.10. The third-order valence-corrected chi connectivity index (χ3v) is 5.33. The molecule has 0 unspecified atom stereocenters. The Morgan fingerprint density at radius 1 is 1.13 bits per heavy atom. The van der Waals surface area contributed by atoms with Gasteiger partial charge in [-0.1, -0.05) is 29.4 Å². The molecule has 2 N–H and O–H groups in total. The van der Waals surface area contributed by atoms with Crippen LogP contribution in [0.25, 0.3) is 11.0 Å². The number of carbonyl (C=O) groups excluding carboxylic acids is 1. The van der Waals surface area contributed by atoms with Gasteiger partial charge in [0, 0.05) is 39.2 Å². The number of amides is 1. The van der Waals surface area contributed by atoms with Crippen LogP contribution in [0.4, 0.5) is 0 Å². The van der Waals surface area contributed by atoms with Crippen molar-refractivity contribution in [2.24, 2.45) is 18.1 Å². The highest BCUT2D eigenvalue weighted by atomic mass is 16.7. The second kappa shape index (κ2) is 10.2. The van der Waals surface area contributed by atoms with Gasteiger partial charge in [0.25, 0.3) is 5.91 Å². The minimum Gasteiger partial charge on any atom is -0.340 e. The number of nitrogens with zero attached hydrogens (tertiary/aromatic N) is 5. The van der Waals surface area contributed by atoms with Crippen molar-refractivity contribution in [1.29, 1.82) is 0 Å². The third-order valence-electron chi connectivity index (χ3n) is 5.33. The molecule has 0 saturated heterocycles. The molecule has 0 fully saturated rings. The molecular weight excluding hydrogens is 392 g/mol. The van der Waals surface area contributed by atoms with Gasteiger partial charge in [-0.15, -0.1) is 5.90 Å². The summed E-state index contributed by atoms with van der Waals surface area (Å²) in [5.74, 6) is 5.90. The maximum absolute atomic E-state index is 12.7. The predicted molar refractivity (Wildman–Crippen MR) is 123 cm³/mol. The van der Waals surface area contributed by atoms with Crippen molar-refractivity contribution in [3.63, 3.8) is 0 Å². The SMILES string of the molecule is CN(C)CCN(C)C(=O)c1ccc2c(c1)nc(CCc1ccc(C=NON)cc1)n2C. The molecule has 0 aliphatic carbocycles. The smallest absolute Gasteiger partial charge is 0.253 e. The Balaban J connectivity index is 1.70. The second-order valence-electron chi connectivity index (χ2n) is 7.90. The van der Waals surface area contributed by atoms with E-state index in [-0.39, 0.29) is 5.91 Å². The number of hydrogen-bond donors (Lipinski definition) is 1. The van der Waals surface area contributed by atoms with Crippen LogP contribution in [0.15, 0.2) is 47.6 Å². The minimum atomic E-state index is 0.0135. The highest BCUT2D eigenvalue weighted by molar-refractivity contribution is 5.97. The first-order chi connectivity index (χ1) is 14.9. The molecule has 0 radical (unpaired) electrons. The van der Waals surface area contributed by atoms with E-state index < -0.39 is 0 Å². The number of hydrogen-bond acceptors (Lipinski definition) is 6. The standard InChI is InChI=1S/C23H30N6O2/c1-27(2)13-14-28(3)23(30)19-10-11-21-20(15-19)26-22(29(21)4)12-9-17-5-7-18(8-6-17)16-25-31-24/h5-8,10-11,15-16H,9,12-14,24H2,1-4H3. The summed E-state index contributed by atoms with van der Waals surface area (Å²) in [6, 6.07) is 13.8. The van der Waals surface area contributed by atoms with Crippen LogP contribution >= 0.6 is 0 Å². The third kappa shape index (κ3) is 5.68. The number of benzene rings is 2. The van der Waals surface area contributed by atoms with Crippen LogP contribution < -0.4 is 5.90 Å². The Hall–Kier alpha value is -3.23. The van der Waals surface area contributed by atoms with Crippen molar-refractivity contribution in [2.75, 3.05) is 34.2 Å². The Labute approximate surface area is 182 Å². The lowest BCUT2D eigenvalue weighted by molar-refractivity contribution is 0.0786. The molecule has 0 atom stereocenters. The number of likely N-dealkylation sites (N-methyl/N-ethyl adjacent to an activating group) is 2. The lowest BCUT2D eigenvalue weighted by Crippen LogP contribution is -2.33. The first-order valence-electron chi connectivity index (χ1n) is 10.2. The highest BCUT2D eigenvalue weighted by Crippen LogP contribution is 2.19. The Kier molecular flexibility index (Phi) is 7.38. The summed E-state index contributed by atoms with van der Waals surface area (Å²) in [5, 5.41) is 3.56. The number of imidazole rings is 1. The second-order valence-corrected chi connectivity index (χ2v) is 7.90. The first-order valence-corrected chi connectivity index (χ1v) is 10.2. The molecule has 31 heavy (non-hydrogen) atoms. The summed E-state index contributed by atoms with van der Waals surface area (Å²) in [6.07, 6.45) is 3.23. The van der Waals surface area contributed by atoms with Gasteiger partial charge in [-0.05, 0) is 49.8 Å². The molecule has 0 aliphatic rings. The molecule has 8 heteroatoms. The molecule has 8 nitrogen and oxygen atoms in total. The molecule has 0 saturated carbocycles. The Morgan fingerprint density at radius 3 is 2.55 bits per heavy atom. The molecule has 164 valence electrons. The van der Waals surface area contributed by atoms with Crippen LogP contribution in [-0.2, 0) is 24.8 Å². The zero-order valence-electron chi connectivity index (χ0n) is 18.6. The van der Waals surface area contributed by atoms with E-state index in [4.69, 9.17) is 10.9 Å². The first kappa shape index (κ1) is 22.5. The average Bonchev–Trinajstić information content (AvgIpc) is 3.09. The maximum atomic E-state index is 12.7. The van der Waals surface area contributed by atoms with Gasteiger partial charge in [-0.2, -0.15) is 0 Å². The molecule has 0 spiro atoms. The number of aromatic nitrogens is 2. The van der Waals surface area contributed by atoms with E-state index in [0.29, 0.717) is 12.1 Å². The molecule has 1 aromatic heterocycles. The van der Waals surface area contributed by atoms with E-state index in [1.807, 2.05) is 58.5 Å². The maximum Gasteiger partial charge on any atom is 0.253 e. The molecule has 1 heterocycles. The van der Waals surface area contributed by atoms with Crippen molar-refractivity contribution in [1.82, 2.24) is 19.4 Å². The molecule has 3 rings (SSSR count). The van der Waals surface area contributed by atoms with E-state index in [0.717, 1.165) is 41.8 Å². The van der Waals surface area contributed by atoms with Gasteiger partial charge in [0.05, 0.1) is 17.2 Å². The van der Waals surface area contributed by atoms with Gasteiger partial charge in [0.1, 0.15) is 5.82 Å². The van der Waals surface area contributed by atoms with E-state index in [1.54, 1.807) is 11.1 Å². The predicted octanol–water partition coefficient (Wildman–Crippen LogP) is 2.22. The van der Waals surface area contributed by atoms with Gasteiger partial charge in [0.2, 0.25) is 0 Å². The van der Waals surface area contributed by atoms with E-state index in [9.17, 15) is 4.79 Å². The minimum absolute atomic E-state index is 0.0135. The van der Waals surface area contributed by atoms with Gasteiger partial charge in [-0.3, -0.25) is 4.79 Å². The van der Waals surface area contributed by atoms with Crippen molar-refractivity contribution in [3.8, 4) is 0 Å². The summed E-state index contributed by atoms with van der Waals surface area (Å²) in [7, 11) is 7.85. The monoisotopic (exact) mass is 422 g/mol. The van der Waals surface area contributed by atoms with Crippen LogP contribution in [0.3, 0.4) is 0 Å². The molecule has 1 amide bonds. The lowest BCUT2D eigenvalue weighted by atomic mass is 10.1. The fourth-order valence-electron chi connectivity index (χ4n) is 3.40. The zero-order chi connectivity index (χ0) is 22.4. The van der Waals surface area contributed by atoms with E-state index >= 15 is 0 Å². The van der Waals surface area contributed by atoms with Crippen LogP contribution in [0.1, 0.15) is 27.3 Å². The fraction of sp³-hybridized carbons (Fsp3) is 0.348. The number of aryl methyl sites for hydroxylation is 3. The number of oxime groups is 1. The number of carbonyl (C=O) groups is 1. The van der Waals surface area contributed by atoms with Crippen molar-refractivity contribution >= 4 is 23.2 Å². The molecule has 2 aromatic carbocycles. The zero-order valence-corrected chi connectivity index (χ0v) is 18.6. The molecule has 0 bridgehead atoms. The van der Waals surface area contributed by atoms with Crippen LogP contribution in [-0.4, -0.2) is 65.7 Å². The average molecular weight is 423 g/mol. The quantitative estimate of drug-likeness (QED) is 0.422.